The van der Waals surface area contributed by atoms with Crippen LogP contribution in [0.15, 0.2) is 91.0 Å². The number of urea groups is 1. The third-order valence-electron chi connectivity index (χ3n) is 4.78. The first-order valence-electron chi connectivity index (χ1n) is 10.1. The van der Waals surface area contributed by atoms with Crippen molar-refractivity contribution in [2.24, 2.45) is 0 Å². The van der Waals surface area contributed by atoms with Crippen molar-refractivity contribution in [3.05, 3.63) is 108 Å². The van der Waals surface area contributed by atoms with Crippen LogP contribution in [0.5, 0.6) is 0 Å². The molecule has 2 N–H and O–H groups in total. The van der Waals surface area contributed by atoms with Gasteiger partial charge in [0.05, 0.1) is 6.54 Å². The predicted molar refractivity (Wildman–Crippen MR) is 119 cm³/mol. The maximum absolute atomic E-state index is 12.8. The maximum atomic E-state index is 12.8. The third-order valence-corrected chi connectivity index (χ3v) is 4.78. The maximum Gasteiger partial charge on any atom is 0.315 e. The second-order valence-corrected chi connectivity index (χ2v) is 7.06. The van der Waals surface area contributed by atoms with Crippen molar-refractivity contribution < 1.29 is 9.59 Å². The van der Waals surface area contributed by atoms with E-state index in [-0.39, 0.29) is 18.5 Å². The number of hydrogen-bond donors (Lipinski definition) is 2. The molecule has 0 radical (unpaired) electrons. The van der Waals surface area contributed by atoms with Gasteiger partial charge < -0.3 is 15.5 Å². The molecule has 0 atom stereocenters. The molecule has 0 spiro atoms. The number of hydrogen-bond acceptors (Lipinski definition) is 2. The van der Waals surface area contributed by atoms with Crippen LogP contribution in [-0.2, 0) is 24.3 Å². The summed E-state index contributed by atoms with van der Waals surface area (Å²) in [6, 6.07) is 29.3. The van der Waals surface area contributed by atoms with Gasteiger partial charge in [-0.1, -0.05) is 91.0 Å². The highest BCUT2D eigenvalue weighted by atomic mass is 16.2. The highest BCUT2D eigenvalue weighted by Crippen LogP contribution is 2.08. The van der Waals surface area contributed by atoms with Gasteiger partial charge in [0.1, 0.15) is 0 Å². The van der Waals surface area contributed by atoms with Gasteiger partial charge in [-0.2, -0.15) is 0 Å². The number of benzene rings is 3. The average Bonchev–Trinajstić information content (AvgIpc) is 2.81. The van der Waals surface area contributed by atoms with Crippen molar-refractivity contribution in [3.63, 3.8) is 0 Å². The summed E-state index contributed by atoms with van der Waals surface area (Å²) in [5.41, 5.74) is 3.25. The van der Waals surface area contributed by atoms with E-state index in [9.17, 15) is 9.59 Å². The Bertz CT molecular complexity index is 915. The lowest BCUT2D eigenvalue weighted by molar-refractivity contribution is -0.130. The first kappa shape index (κ1) is 21.1. The third kappa shape index (κ3) is 7.09. The Kier molecular flexibility index (Phi) is 8.03. The number of nitrogens with zero attached hydrogens (tertiary/aromatic N) is 1. The van der Waals surface area contributed by atoms with Gasteiger partial charge in [-0.25, -0.2) is 4.79 Å². The topological polar surface area (TPSA) is 61.4 Å². The first-order valence-corrected chi connectivity index (χ1v) is 10.1. The van der Waals surface area contributed by atoms with Gasteiger partial charge in [-0.05, 0) is 23.1 Å². The minimum Gasteiger partial charge on any atom is -0.337 e. The van der Waals surface area contributed by atoms with Crippen molar-refractivity contribution in [1.82, 2.24) is 15.5 Å². The molecule has 5 nitrogen and oxygen atoms in total. The van der Waals surface area contributed by atoms with Crippen LogP contribution in [0, 0.1) is 0 Å². The second-order valence-electron chi connectivity index (χ2n) is 7.06. The van der Waals surface area contributed by atoms with Gasteiger partial charge >= 0.3 is 6.03 Å². The van der Waals surface area contributed by atoms with Crippen LogP contribution in [0.1, 0.15) is 16.7 Å². The summed E-state index contributed by atoms with van der Waals surface area (Å²) in [6.07, 6.45) is 0.764. The number of amides is 3. The quantitative estimate of drug-likeness (QED) is 0.574. The smallest absolute Gasteiger partial charge is 0.315 e. The van der Waals surface area contributed by atoms with Gasteiger partial charge in [-0.3, -0.25) is 4.79 Å². The van der Waals surface area contributed by atoms with E-state index in [4.69, 9.17) is 0 Å². The highest BCUT2D eigenvalue weighted by molar-refractivity contribution is 5.84. The van der Waals surface area contributed by atoms with E-state index in [1.165, 1.54) is 5.56 Å². The molecular weight excluding hydrogens is 374 g/mol. The van der Waals surface area contributed by atoms with Crippen LogP contribution in [0.3, 0.4) is 0 Å². The summed E-state index contributed by atoms with van der Waals surface area (Å²) in [6.45, 7) is 1.48. The predicted octanol–water partition coefficient (Wildman–Crippen LogP) is 3.76. The van der Waals surface area contributed by atoms with Crippen molar-refractivity contribution in [1.29, 1.82) is 0 Å². The van der Waals surface area contributed by atoms with Crippen LogP contribution >= 0.6 is 0 Å². The fourth-order valence-electron chi connectivity index (χ4n) is 3.11. The fourth-order valence-corrected chi connectivity index (χ4v) is 3.11. The molecule has 154 valence electrons. The zero-order valence-corrected chi connectivity index (χ0v) is 17.0. The molecule has 0 saturated heterocycles. The molecule has 0 heterocycles. The number of rotatable bonds is 9. The zero-order chi connectivity index (χ0) is 21.0. The molecule has 3 rings (SSSR count). The Morgan fingerprint density at radius 1 is 0.667 bits per heavy atom. The molecule has 0 aliphatic heterocycles. The van der Waals surface area contributed by atoms with Crippen LogP contribution in [0.2, 0.25) is 0 Å². The Morgan fingerprint density at radius 3 is 1.80 bits per heavy atom. The van der Waals surface area contributed by atoms with E-state index >= 15 is 0 Å². The van der Waals surface area contributed by atoms with Gasteiger partial charge in [0.15, 0.2) is 0 Å². The number of carbonyl (C=O) groups is 2. The van der Waals surface area contributed by atoms with Crippen molar-refractivity contribution >= 4 is 11.9 Å². The zero-order valence-electron chi connectivity index (χ0n) is 17.0. The van der Waals surface area contributed by atoms with Crippen molar-refractivity contribution in [3.8, 4) is 0 Å². The van der Waals surface area contributed by atoms with Crippen molar-refractivity contribution in [2.75, 3.05) is 13.1 Å². The lowest BCUT2D eigenvalue weighted by atomic mass is 10.1. The molecule has 0 aliphatic rings. The lowest BCUT2D eigenvalue weighted by Crippen LogP contribution is -2.44. The van der Waals surface area contributed by atoms with Gasteiger partial charge in [0, 0.05) is 19.6 Å². The van der Waals surface area contributed by atoms with Crippen molar-refractivity contribution in [2.45, 2.75) is 19.5 Å². The average molecular weight is 402 g/mol. The molecule has 0 saturated carbocycles. The molecule has 30 heavy (non-hydrogen) atoms. The lowest BCUT2D eigenvalue weighted by Gasteiger charge is -2.23. The summed E-state index contributed by atoms with van der Waals surface area (Å²) in [5, 5.41) is 5.46. The molecule has 3 aromatic carbocycles. The molecule has 0 aromatic heterocycles. The summed E-state index contributed by atoms with van der Waals surface area (Å²) < 4.78 is 0. The van der Waals surface area contributed by atoms with Crippen LogP contribution < -0.4 is 10.6 Å². The Labute approximate surface area is 177 Å². The monoisotopic (exact) mass is 401 g/mol. The molecule has 0 fully saturated rings. The van der Waals surface area contributed by atoms with E-state index in [0.717, 1.165) is 17.5 Å². The molecule has 3 amide bonds. The molecule has 0 unspecified atom stereocenters. The van der Waals surface area contributed by atoms with E-state index in [0.29, 0.717) is 19.6 Å². The largest absolute Gasteiger partial charge is 0.337 e. The van der Waals surface area contributed by atoms with E-state index in [2.05, 4.69) is 22.8 Å². The fraction of sp³-hybridized carbons (Fsp3) is 0.200. The molecular formula is C25H27N3O2. The first-order chi connectivity index (χ1) is 14.7. The summed E-state index contributed by atoms with van der Waals surface area (Å²) >= 11 is 0. The minimum absolute atomic E-state index is 0.0394. The molecule has 0 aliphatic carbocycles. The van der Waals surface area contributed by atoms with Crippen LogP contribution in [0.25, 0.3) is 0 Å². The van der Waals surface area contributed by atoms with Gasteiger partial charge in [-0.15, -0.1) is 0 Å². The molecule has 5 heteroatoms. The van der Waals surface area contributed by atoms with Gasteiger partial charge in [0.2, 0.25) is 5.91 Å². The number of nitrogens with one attached hydrogen (secondary N) is 2. The normalized spacial score (nSPS) is 10.3. The highest BCUT2D eigenvalue weighted by Gasteiger charge is 2.15. The number of carbonyl (C=O) groups excluding carboxylic acids is 2. The van der Waals surface area contributed by atoms with Gasteiger partial charge in [0.25, 0.3) is 0 Å². The summed E-state index contributed by atoms with van der Waals surface area (Å²) in [5.74, 6) is -0.107. The van der Waals surface area contributed by atoms with E-state index < -0.39 is 0 Å². The molecule has 3 aromatic rings. The van der Waals surface area contributed by atoms with Crippen LogP contribution in [0.4, 0.5) is 4.79 Å². The van der Waals surface area contributed by atoms with E-state index in [1.807, 2.05) is 78.9 Å². The van der Waals surface area contributed by atoms with E-state index in [1.54, 1.807) is 4.90 Å². The summed E-state index contributed by atoms with van der Waals surface area (Å²) in [7, 11) is 0. The second kappa shape index (κ2) is 11.4. The summed E-state index contributed by atoms with van der Waals surface area (Å²) in [4.78, 5) is 26.7. The standard InChI is InChI=1S/C25H27N3O2/c29-24(19-27-25(30)26-18-22-12-6-2-7-13-22)28(20-23-14-8-3-9-15-23)17-16-21-10-4-1-5-11-21/h1-15H,16-20H2,(H2,26,27,30). The Hall–Kier alpha value is -3.60. The Balaban J connectivity index is 1.53. The minimum atomic E-state index is -0.352. The Morgan fingerprint density at radius 2 is 1.20 bits per heavy atom. The molecule has 0 bridgehead atoms. The van der Waals surface area contributed by atoms with Crippen LogP contribution in [-0.4, -0.2) is 29.9 Å². The SMILES string of the molecule is O=C(NCC(=O)N(CCc1ccccc1)Cc1ccccc1)NCc1ccccc1.